The van der Waals surface area contributed by atoms with Crippen LogP contribution in [0.5, 0.6) is 5.88 Å². The van der Waals surface area contributed by atoms with E-state index in [1.807, 2.05) is 6.92 Å². The number of rotatable bonds is 10. The summed E-state index contributed by atoms with van der Waals surface area (Å²) in [5.41, 5.74) is 2.41. The summed E-state index contributed by atoms with van der Waals surface area (Å²) < 4.78 is 31.3. The molecule has 2 N–H and O–H groups in total. The maximum absolute atomic E-state index is 13.1. The topological polar surface area (TPSA) is 114 Å². The normalized spacial score (nSPS) is 13.9. The average molecular weight is 490 g/mol. The fraction of sp³-hybridized carbons (Fsp3) is 0.458. The molecule has 9 nitrogen and oxygen atoms in total. The Morgan fingerprint density at radius 3 is 2.63 bits per heavy atom. The molecule has 3 heterocycles. The molecule has 0 saturated heterocycles. The number of fused-ring (bicyclic) bond motifs is 1. The summed E-state index contributed by atoms with van der Waals surface area (Å²) in [5.74, 6) is -3.63. The summed E-state index contributed by atoms with van der Waals surface area (Å²) >= 11 is 0. The number of carbonyl (C=O) groups is 3. The van der Waals surface area contributed by atoms with Gasteiger partial charge in [0.05, 0.1) is 6.04 Å². The molecule has 1 aliphatic rings. The Morgan fingerprint density at radius 2 is 1.97 bits per heavy atom. The van der Waals surface area contributed by atoms with Crippen LogP contribution in [-0.2, 0) is 11.3 Å². The molecule has 2 aromatic rings. The van der Waals surface area contributed by atoms with Gasteiger partial charge in [0.15, 0.2) is 6.61 Å². The minimum Gasteiger partial charge on any atom is -0.471 e. The summed E-state index contributed by atoms with van der Waals surface area (Å²) in [6.45, 7) is 5.93. The lowest BCUT2D eigenvalue weighted by molar-refractivity contribution is -0.118. The van der Waals surface area contributed by atoms with Gasteiger partial charge in [-0.15, -0.1) is 0 Å². The van der Waals surface area contributed by atoms with Crippen LogP contribution in [0, 0.1) is 6.92 Å². The highest BCUT2D eigenvalue weighted by atomic mass is 19.3. The van der Waals surface area contributed by atoms with E-state index in [2.05, 4.69) is 20.6 Å². The van der Waals surface area contributed by atoms with E-state index >= 15 is 0 Å². The lowest BCUT2D eigenvalue weighted by Gasteiger charge is -2.25. The van der Waals surface area contributed by atoms with Crippen LogP contribution in [0.15, 0.2) is 24.5 Å². The van der Waals surface area contributed by atoms with Crippen LogP contribution in [0.3, 0.4) is 0 Å². The Bertz CT molecular complexity index is 1120. The molecule has 0 aliphatic carbocycles. The summed E-state index contributed by atoms with van der Waals surface area (Å²) in [4.78, 5) is 46.7. The molecular formula is C24H29F2N5O4. The lowest BCUT2D eigenvalue weighted by Crippen LogP contribution is -2.30. The van der Waals surface area contributed by atoms with Crippen molar-refractivity contribution in [2.75, 3.05) is 19.7 Å². The molecule has 0 fully saturated rings. The third-order valence-corrected chi connectivity index (χ3v) is 5.57. The van der Waals surface area contributed by atoms with Crippen molar-refractivity contribution in [1.29, 1.82) is 0 Å². The molecule has 1 unspecified atom stereocenters. The van der Waals surface area contributed by atoms with Gasteiger partial charge in [-0.05, 0) is 38.0 Å². The zero-order chi connectivity index (χ0) is 25.8. The molecule has 0 radical (unpaired) electrons. The number of alkyl halides is 2. The molecule has 188 valence electrons. The van der Waals surface area contributed by atoms with Crippen LogP contribution in [0.2, 0.25) is 0 Å². The fourth-order valence-corrected chi connectivity index (χ4v) is 3.74. The minimum absolute atomic E-state index is 0.111. The Kier molecular flexibility index (Phi) is 7.98. The lowest BCUT2D eigenvalue weighted by atomic mass is 10.1. The van der Waals surface area contributed by atoms with Crippen molar-refractivity contribution >= 4 is 17.7 Å². The number of ether oxygens (including phenoxy) is 1. The Labute approximate surface area is 202 Å². The first-order valence-electron chi connectivity index (χ1n) is 11.3. The van der Waals surface area contributed by atoms with Gasteiger partial charge in [-0.2, -0.15) is 0 Å². The zero-order valence-electron chi connectivity index (χ0n) is 20.2. The maximum atomic E-state index is 13.1. The Morgan fingerprint density at radius 1 is 1.26 bits per heavy atom. The van der Waals surface area contributed by atoms with E-state index in [-0.39, 0.29) is 29.9 Å². The van der Waals surface area contributed by atoms with Gasteiger partial charge in [0.1, 0.15) is 5.69 Å². The average Bonchev–Trinajstić information content (AvgIpc) is 3.13. The van der Waals surface area contributed by atoms with E-state index in [0.29, 0.717) is 41.8 Å². The highest BCUT2D eigenvalue weighted by Gasteiger charge is 2.35. The van der Waals surface area contributed by atoms with Crippen LogP contribution in [0.1, 0.15) is 70.8 Å². The number of nitrogens with one attached hydrogen (secondary N) is 2. The molecule has 1 aliphatic heterocycles. The van der Waals surface area contributed by atoms with Crippen molar-refractivity contribution < 1.29 is 27.9 Å². The molecule has 3 amide bonds. The van der Waals surface area contributed by atoms with Crippen LogP contribution < -0.4 is 15.4 Å². The molecule has 2 aromatic heterocycles. The Hall–Kier alpha value is -3.63. The molecule has 0 bridgehead atoms. The van der Waals surface area contributed by atoms with Crippen LogP contribution in [0.25, 0.3) is 0 Å². The number of halogens is 2. The molecule has 1 atom stereocenters. The third kappa shape index (κ3) is 6.49. The molecule has 0 saturated carbocycles. The molecule has 3 rings (SSSR count). The summed E-state index contributed by atoms with van der Waals surface area (Å²) in [5, 5.41) is 5.43. The monoisotopic (exact) mass is 489 g/mol. The number of nitrogens with zero attached hydrogens (tertiary/aromatic N) is 3. The van der Waals surface area contributed by atoms with Gasteiger partial charge < -0.3 is 20.3 Å². The largest absolute Gasteiger partial charge is 0.471 e. The zero-order valence-corrected chi connectivity index (χ0v) is 20.2. The van der Waals surface area contributed by atoms with Gasteiger partial charge in [-0.3, -0.25) is 19.4 Å². The van der Waals surface area contributed by atoms with E-state index in [9.17, 15) is 23.2 Å². The van der Waals surface area contributed by atoms with E-state index < -0.39 is 24.5 Å². The fourth-order valence-electron chi connectivity index (χ4n) is 3.74. The number of hydrogen-bond acceptors (Lipinski definition) is 6. The number of aromatic nitrogens is 2. The predicted molar refractivity (Wildman–Crippen MR) is 123 cm³/mol. The van der Waals surface area contributed by atoms with Crippen molar-refractivity contribution in [3.63, 3.8) is 0 Å². The standard InChI is InChI=1S/C24H29F2N5O4/c1-14-10-17(11-30-22(14)35-13-24(4,25)26)15(2)31-12-19-18(23(31)34)6-9-28-20(19)21(33)29-8-5-7-27-16(3)32/h6,9-11,15H,5,7-8,12-13H2,1-4H3,(H,27,32)(H,29,33). The van der Waals surface area contributed by atoms with Crippen molar-refractivity contribution in [3.05, 3.63) is 52.5 Å². The summed E-state index contributed by atoms with van der Waals surface area (Å²) in [6.07, 6.45) is 3.49. The van der Waals surface area contributed by atoms with Gasteiger partial charge >= 0.3 is 0 Å². The maximum Gasteiger partial charge on any atom is 0.278 e. The molecule has 0 spiro atoms. The van der Waals surface area contributed by atoms with Gasteiger partial charge in [0, 0.05) is 62.6 Å². The highest BCUT2D eigenvalue weighted by molar-refractivity contribution is 6.03. The van der Waals surface area contributed by atoms with Gasteiger partial charge in [-0.1, -0.05) is 0 Å². The highest BCUT2D eigenvalue weighted by Crippen LogP contribution is 2.33. The molecule has 0 aromatic carbocycles. The van der Waals surface area contributed by atoms with E-state index in [1.54, 1.807) is 24.0 Å². The first kappa shape index (κ1) is 26.0. The number of aryl methyl sites for hydroxylation is 1. The van der Waals surface area contributed by atoms with Gasteiger partial charge in [-0.25, -0.2) is 13.8 Å². The van der Waals surface area contributed by atoms with E-state index in [4.69, 9.17) is 4.74 Å². The molecule has 35 heavy (non-hydrogen) atoms. The van der Waals surface area contributed by atoms with Crippen LogP contribution >= 0.6 is 0 Å². The van der Waals surface area contributed by atoms with Crippen molar-refractivity contribution in [3.8, 4) is 5.88 Å². The first-order chi connectivity index (χ1) is 16.5. The number of hydrogen-bond donors (Lipinski definition) is 2. The van der Waals surface area contributed by atoms with Gasteiger partial charge in [0.2, 0.25) is 11.8 Å². The second kappa shape index (κ2) is 10.7. The number of pyridine rings is 2. The first-order valence-corrected chi connectivity index (χ1v) is 11.3. The van der Waals surface area contributed by atoms with E-state index in [1.165, 1.54) is 19.3 Å². The van der Waals surface area contributed by atoms with Gasteiger partial charge in [0.25, 0.3) is 17.7 Å². The van der Waals surface area contributed by atoms with Crippen molar-refractivity contribution in [1.82, 2.24) is 25.5 Å². The second-order valence-electron chi connectivity index (χ2n) is 8.64. The molecular weight excluding hydrogens is 460 g/mol. The van der Waals surface area contributed by atoms with Crippen molar-refractivity contribution in [2.24, 2.45) is 0 Å². The van der Waals surface area contributed by atoms with Crippen LogP contribution in [0.4, 0.5) is 8.78 Å². The summed E-state index contributed by atoms with van der Waals surface area (Å²) in [7, 11) is 0. The smallest absolute Gasteiger partial charge is 0.278 e. The number of carbonyl (C=O) groups excluding carboxylic acids is 3. The third-order valence-electron chi connectivity index (χ3n) is 5.57. The second-order valence-corrected chi connectivity index (χ2v) is 8.64. The SMILES string of the molecule is CC(=O)NCCCNC(=O)c1nccc2c1CN(C(C)c1cnc(OCC(C)(F)F)c(C)c1)C2=O. The predicted octanol–water partition coefficient (Wildman–Crippen LogP) is 2.79. The van der Waals surface area contributed by atoms with Crippen molar-refractivity contribution in [2.45, 2.75) is 52.6 Å². The number of amides is 3. The molecule has 11 heteroatoms. The quantitative estimate of drug-likeness (QED) is 0.496. The Balaban J connectivity index is 1.69. The minimum atomic E-state index is -2.97. The van der Waals surface area contributed by atoms with Crippen LogP contribution in [-0.4, -0.2) is 58.2 Å². The summed E-state index contributed by atoms with van der Waals surface area (Å²) in [6, 6.07) is 2.94. The van der Waals surface area contributed by atoms with E-state index in [0.717, 1.165) is 6.92 Å².